The zero-order chi connectivity index (χ0) is 25.1. The molecule has 1 aliphatic heterocycles. The highest BCUT2D eigenvalue weighted by Gasteiger charge is 2.49. The molecule has 10 heteroatoms. The van der Waals surface area contributed by atoms with E-state index >= 15 is 0 Å². The van der Waals surface area contributed by atoms with Gasteiger partial charge in [-0.3, -0.25) is 14.6 Å². The third-order valence-electron chi connectivity index (χ3n) is 6.95. The molecule has 2 amide bonds. The first-order chi connectivity index (χ1) is 16.5. The van der Waals surface area contributed by atoms with Crippen LogP contribution < -0.4 is 5.32 Å². The number of carbonyl (C=O) groups excluding carboxylic acids is 2. The summed E-state index contributed by atoms with van der Waals surface area (Å²) < 4.78 is 67.9. The summed E-state index contributed by atoms with van der Waals surface area (Å²) in [6.45, 7) is 1.75. The minimum Gasteiger partial charge on any atom is -0.347 e. The number of halogens is 5. The van der Waals surface area contributed by atoms with Gasteiger partial charge in [-0.25, -0.2) is 8.78 Å². The van der Waals surface area contributed by atoms with Crippen molar-refractivity contribution >= 4 is 11.8 Å². The van der Waals surface area contributed by atoms with E-state index in [1.807, 2.05) is 12.2 Å². The number of hydrogen-bond donors (Lipinski definition) is 1. The Bertz CT molecular complexity index is 1220. The van der Waals surface area contributed by atoms with Gasteiger partial charge >= 0.3 is 6.18 Å². The number of alkyl halides is 3. The summed E-state index contributed by atoms with van der Waals surface area (Å²) in [6.07, 6.45) is 1.82. The van der Waals surface area contributed by atoms with E-state index in [9.17, 15) is 31.5 Å². The summed E-state index contributed by atoms with van der Waals surface area (Å²) >= 11 is 0. The van der Waals surface area contributed by atoms with Crippen molar-refractivity contribution < 1.29 is 31.5 Å². The van der Waals surface area contributed by atoms with Crippen molar-refractivity contribution in [1.29, 1.82) is 0 Å². The Morgan fingerprint density at radius 3 is 2.46 bits per heavy atom. The van der Waals surface area contributed by atoms with Gasteiger partial charge in [-0.2, -0.15) is 13.2 Å². The molecule has 2 fully saturated rings. The largest absolute Gasteiger partial charge is 0.419 e. The molecule has 184 valence electrons. The Morgan fingerprint density at radius 2 is 1.86 bits per heavy atom. The molecule has 2 aliphatic carbocycles. The van der Waals surface area contributed by atoms with Crippen LogP contribution in [0.2, 0.25) is 0 Å². The molecule has 1 aromatic heterocycles. The van der Waals surface area contributed by atoms with Crippen molar-refractivity contribution in [3.63, 3.8) is 0 Å². The number of rotatable bonds is 5. The number of amides is 2. The van der Waals surface area contributed by atoms with Crippen LogP contribution in [0.5, 0.6) is 0 Å². The maximum absolute atomic E-state index is 14.7. The molecule has 0 radical (unpaired) electrons. The topological polar surface area (TPSA) is 62.3 Å². The first-order valence-electron chi connectivity index (χ1n) is 11.3. The molecular weight excluding hydrogens is 469 g/mol. The molecule has 4 atom stereocenters. The van der Waals surface area contributed by atoms with Crippen LogP contribution >= 0.6 is 0 Å². The lowest BCUT2D eigenvalue weighted by Gasteiger charge is -2.33. The molecular formula is C25H22F5N3O2. The smallest absolute Gasteiger partial charge is 0.347 e. The van der Waals surface area contributed by atoms with Crippen LogP contribution in [0.1, 0.15) is 52.5 Å². The number of nitrogens with zero attached hydrogens (tertiary/aromatic N) is 2. The summed E-state index contributed by atoms with van der Waals surface area (Å²) in [6, 6.07) is 1.73. The molecule has 1 saturated heterocycles. The number of benzene rings is 1. The van der Waals surface area contributed by atoms with Crippen LogP contribution in [-0.4, -0.2) is 33.8 Å². The Kier molecular flexibility index (Phi) is 5.64. The maximum atomic E-state index is 14.7. The first kappa shape index (κ1) is 23.4. The SMILES string of the molecule is Cc1cc(C(=O)N2[C@@H](C(=O)N[C@@H](c3cc(F)c(C(F)(F)F)cc3F)C3CC3)C[C@H]3C=C[C@H]32)ccn1. The van der Waals surface area contributed by atoms with Crippen LogP contribution in [0, 0.1) is 30.4 Å². The van der Waals surface area contributed by atoms with Crippen LogP contribution in [0.4, 0.5) is 22.0 Å². The van der Waals surface area contributed by atoms with E-state index in [0.29, 0.717) is 36.6 Å². The maximum Gasteiger partial charge on any atom is 0.419 e. The van der Waals surface area contributed by atoms with Gasteiger partial charge in [-0.05, 0) is 56.4 Å². The minimum atomic E-state index is -5.04. The number of carbonyl (C=O) groups is 2. The zero-order valence-electron chi connectivity index (χ0n) is 18.7. The van der Waals surface area contributed by atoms with E-state index < -0.39 is 41.4 Å². The lowest BCUT2D eigenvalue weighted by atomic mass is 9.89. The van der Waals surface area contributed by atoms with E-state index in [1.165, 1.54) is 11.1 Å². The average molecular weight is 491 g/mol. The average Bonchev–Trinajstić information content (AvgIpc) is 3.57. The van der Waals surface area contributed by atoms with E-state index in [0.717, 1.165) is 0 Å². The minimum absolute atomic E-state index is 0.00254. The molecule has 5 rings (SSSR count). The Morgan fingerprint density at radius 1 is 1.11 bits per heavy atom. The molecule has 35 heavy (non-hydrogen) atoms. The molecule has 5 nitrogen and oxygen atoms in total. The summed E-state index contributed by atoms with van der Waals surface area (Å²) in [7, 11) is 0. The monoisotopic (exact) mass is 491 g/mol. The summed E-state index contributed by atoms with van der Waals surface area (Å²) in [4.78, 5) is 32.3. The van der Waals surface area contributed by atoms with E-state index in [2.05, 4.69) is 10.3 Å². The first-order valence-corrected chi connectivity index (χ1v) is 11.3. The molecule has 1 N–H and O–H groups in total. The van der Waals surface area contributed by atoms with Crippen molar-refractivity contribution in [2.75, 3.05) is 0 Å². The molecule has 0 spiro atoms. The quantitative estimate of drug-likeness (QED) is 0.486. The summed E-state index contributed by atoms with van der Waals surface area (Å²) in [5.74, 6) is -3.95. The van der Waals surface area contributed by atoms with Crippen molar-refractivity contribution in [2.45, 2.75) is 50.5 Å². The highest BCUT2D eigenvalue weighted by atomic mass is 19.4. The van der Waals surface area contributed by atoms with Gasteiger partial charge in [-0.1, -0.05) is 12.2 Å². The highest BCUT2D eigenvalue weighted by molar-refractivity contribution is 5.98. The van der Waals surface area contributed by atoms with Crippen molar-refractivity contribution in [3.05, 3.63) is 76.6 Å². The predicted octanol–water partition coefficient (Wildman–Crippen LogP) is 4.72. The Labute approximate surface area is 198 Å². The lowest BCUT2D eigenvalue weighted by Crippen LogP contribution is -2.50. The second-order valence-electron chi connectivity index (χ2n) is 9.36. The fraction of sp³-hybridized carbons (Fsp3) is 0.400. The molecule has 1 saturated carbocycles. The number of fused-ring (bicyclic) bond motifs is 1. The fourth-order valence-electron chi connectivity index (χ4n) is 4.95. The van der Waals surface area contributed by atoms with Gasteiger partial charge in [0.25, 0.3) is 5.91 Å². The molecule has 2 heterocycles. The van der Waals surface area contributed by atoms with Crippen molar-refractivity contribution in [1.82, 2.24) is 15.2 Å². The third-order valence-corrected chi connectivity index (χ3v) is 6.95. The number of hydrogen-bond acceptors (Lipinski definition) is 3. The van der Waals surface area contributed by atoms with E-state index in [1.54, 1.807) is 19.1 Å². The van der Waals surface area contributed by atoms with Gasteiger partial charge in [0.15, 0.2) is 0 Å². The second-order valence-corrected chi connectivity index (χ2v) is 9.36. The fourth-order valence-corrected chi connectivity index (χ4v) is 4.95. The number of nitrogens with one attached hydrogen (secondary N) is 1. The molecule has 0 unspecified atom stereocenters. The van der Waals surface area contributed by atoms with Crippen LogP contribution in [0.25, 0.3) is 0 Å². The van der Waals surface area contributed by atoms with Crippen LogP contribution in [0.3, 0.4) is 0 Å². The molecule has 1 aromatic carbocycles. The van der Waals surface area contributed by atoms with Gasteiger partial charge in [0, 0.05) is 28.9 Å². The number of likely N-dealkylation sites (tertiary alicyclic amines) is 1. The Balaban J connectivity index is 1.41. The molecule has 3 aliphatic rings. The van der Waals surface area contributed by atoms with Gasteiger partial charge < -0.3 is 10.2 Å². The van der Waals surface area contributed by atoms with Gasteiger partial charge in [-0.15, -0.1) is 0 Å². The number of aryl methyl sites for hydroxylation is 1. The van der Waals surface area contributed by atoms with Crippen molar-refractivity contribution in [2.24, 2.45) is 11.8 Å². The van der Waals surface area contributed by atoms with E-state index in [4.69, 9.17) is 0 Å². The van der Waals surface area contributed by atoms with Crippen LogP contribution in [-0.2, 0) is 11.0 Å². The third kappa shape index (κ3) is 4.30. The summed E-state index contributed by atoms with van der Waals surface area (Å²) in [5.41, 5.74) is -0.994. The van der Waals surface area contributed by atoms with Crippen molar-refractivity contribution in [3.8, 4) is 0 Å². The normalized spacial score (nSPS) is 24.1. The second kappa shape index (κ2) is 8.42. The summed E-state index contributed by atoms with van der Waals surface area (Å²) in [5, 5.41) is 2.72. The number of pyridine rings is 1. The highest BCUT2D eigenvalue weighted by Crippen LogP contribution is 2.44. The molecule has 0 bridgehead atoms. The van der Waals surface area contributed by atoms with E-state index in [-0.39, 0.29) is 35.4 Å². The molecule has 2 aromatic rings. The predicted molar refractivity (Wildman–Crippen MR) is 115 cm³/mol. The lowest BCUT2D eigenvalue weighted by molar-refractivity contribution is -0.140. The van der Waals surface area contributed by atoms with Gasteiger partial charge in [0.05, 0.1) is 17.6 Å². The zero-order valence-corrected chi connectivity index (χ0v) is 18.7. The number of aromatic nitrogens is 1. The standard InChI is InChI=1S/C25H22F5N3O2/c1-12-8-15(6-7-31-12)24(35)33-20-5-4-14(20)9-21(33)23(34)32-22(13-2-3-13)16-10-19(27)17(11-18(16)26)25(28,29)30/h4-8,10-11,13-14,20-22H,2-3,9H2,1H3,(H,32,34)/t14-,20-,21-,22-/m1/s1. The van der Waals surface area contributed by atoms with Crippen LogP contribution in [0.15, 0.2) is 42.6 Å². The van der Waals surface area contributed by atoms with Gasteiger partial charge in [0.2, 0.25) is 5.91 Å². The Hall–Kier alpha value is -3.30. The van der Waals surface area contributed by atoms with Gasteiger partial charge in [0.1, 0.15) is 17.7 Å².